The fourth-order valence-electron chi connectivity index (χ4n) is 1.41. The molecule has 1 rings (SSSR count). The van der Waals surface area contributed by atoms with Gasteiger partial charge in [0, 0.05) is 6.54 Å². The van der Waals surface area contributed by atoms with Gasteiger partial charge < -0.3 is 0 Å². The minimum atomic E-state index is -3.05. The summed E-state index contributed by atoms with van der Waals surface area (Å²) in [6, 6.07) is 10.1. The van der Waals surface area contributed by atoms with Crippen LogP contribution in [-0.2, 0) is 10.0 Å². The van der Waals surface area contributed by atoms with Gasteiger partial charge in [-0.3, -0.25) is 0 Å². The summed E-state index contributed by atoms with van der Waals surface area (Å²) >= 11 is 0. The maximum atomic E-state index is 10.8. The SMILES string of the molecule is C[C@H](CCNS(C)(=O)=O)c1ccccc1. The van der Waals surface area contributed by atoms with E-state index < -0.39 is 10.0 Å². The molecule has 4 heteroatoms. The molecule has 0 saturated carbocycles. The number of sulfonamides is 1. The molecular weight excluding hydrogens is 210 g/mol. The van der Waals surface area contributed by atoms with Gasteiger partial charge in [0.2, 0.25) is 10.0 Å². The van der Waals surface area contributed by atoms with Crippen molar-refractivity contribution >= 4 is 10.0 Å². The molecule has 3 nitrogen and oxygen atoms in total. The predicted octanol–water partition coefficient (Wildman–Crippen LogP) is 1.73. The van der Waals surface area contributed by atoms with E-state index in [1.54, 1.807) is 0 Å². The van der Waals surface area contributed by atoms with E-state index in [1.165, 1.54) is 11.8 Å². The average molecular weight is 227 g/mol. The van der Waals surface area contributed by atoms with Crippen LogP contribution in [-0.4, -0.2) is 21.2 Å². The largest absolute Gasteiger partial charge is 0.215 e. The molecule has 1 atom stereocenters. The van der Waals surface area contributed by atoms with E-state index in [0.29, 0.717) is 12.5 Å². The maximum Gasteiger partial charge on any atom is 0.208 e. The molecule has 0 aliphatic heterocycles. The molecule has 0 heterocycles. The van der Waals surface area contributed by atoms with Gasteiger partial charge in [-0.15, -0.1) is 0 Å². The molecule has 0 aliphatic carbocycles. The molecule has 0 saturated heterocycles. The molecule has 84 valence electrons. The Balaban J connectivity index is 2.41. The second-order valence-corrected chi connectivity index (χ2v) is 5.60. The van der Waals surface area contributed by atoms with Crippen LogP contribution in [0.5, 0.6) is 0 Å². The number of rotatable bonds is 5. The molecule has 0 amide bonds. The minimum absolute atomic E-state index is 0.375. The van der Waals surface area contributed by atoms with Crippen molar-refractivity contribution in [2.75, 3.05) is 12.8 Å². The summed E-state index contributed by atoms with van der Waals surface area (Å²) in [4.78, 5) is 0. The normalized spacial score (nSPS) is 13.7. The van der Waals surface area contributed by atoms with Crippen LogP contribution in [0.3, 0.4) is 0 Å². The van der Waals surface area contributed by atoms with Gasteiger partial charge in [0.05, 0.1) is 6.26 Å². The maximum absolute atomic E-state index is 10.8. The van der Waals surface area contributed by atoms with Crippen LogP contribution < -0.4 is 4.72 Å². The van der Waals surface area contributed by atoms with Gasteiger partial charge in [-0.1, -0.05) is 37.3 Å². The lowest BCUT2D eigenvalue weighted by molar-refractivity contribution is 0.578. The van der Waals surface area contributed by atoms with Gasteiger partial charge in [0.15, 0.2) is 0 Å². The predicted molar refractivity (Wildman–Crippen MR) is 62.3 cm³/mol. The zero-order valence-corrected chi connectivity index (χ0v) is 9.92. The second-order valence-electron chi connectivity index (χ2n) is 3.77. The minimum Gasteiger partial charge on any atom is -0.215 e. The Labute approximate surface area is 91.6 Å². The van der Waals surface area contributed by atoms with Gasteiger partial charge in [-0.05, 0) is 17.9 Å². The average Bonchev–Trinajstić information content (AvgIpc) is 2.17. The summed E-state index contributed by atoms with van der Waals surface area (Å²) in [5.74, 6) is 0.375. The molecule has 0 fully saturated rings. The van der Waals surface area contributed by atoms with Crippen LogP contribution in [0.2, 0.25) is 0 Å². The highest BCUT2D eigenvalue weighted by molar-refractivity contribution is 7.88. The number of hydrogen-bond donors (Lipinski definition) is 1. The number of hydrogen-bond acceptors (Lipinski definition) is 2. The summed E-state index contributed by atoms with van der Waals surface area (Å²) in [5.41, 5.74) is 1.24. The van der Waals surface area contributed by atoms with Crippen LogP contribution in [0.4, 0.5) is 0 Å². The number of benzene rings is 1. The van der Waals surface area contributed by atoms with Gasteiger partial charge in [-0.25, -0.2) is 13.1 Å². The first-order valence-electron chi connectivity index (χ1n) is 4.98. The van der Waals surface area contributed by atoms with E-state index in [-0.39, 0.29) is 0 Å². The van der Waals surface area contributed by atoms with E-state index in [2.05, 4.69) is 23.8 Å². The van der Waals surface area contributed by atoms with Crippen LogP contribution in [0.25, 0.3) is 0 Å². The Bertz CT molecular complexity index is 386. The van der Waals surface area contributed by atoms with Crippen molar-refractivity contribution in [3.8, 4) is 0 Å². The highest BCUT2D eigenvalue weighted by Gasteiger charge is 2.06. The Morgan fingerprint density at radius 3 is 2.40 bits per heavy atom. The topological polar surface area (TPSA) is 46.2 Å². The first-order chi connectivity index (χ1) is 6.99. The van der Waals surface area contributed by atoms with Crippen molar-refractivity contribution < 1.29 is 8.42 Å². The van der Waals surface area contributed by atoms with E-state index in [4.69, 9.17) is 0 Å². The third-order valence-electron chi connectivity index (χ3n) is 2.31. The molecule has 1 aromatic rings. The smallest absolute Gasteiger partial charge is 0.208 e. The third-order valence-corrected chi connectivity index (χ3v) is 3.04. The summed E-state index contributed by atoms with van der Waals surface area (Å²) in [6.07, 6.45) is 2.00. The van der Waals surface area contributed by atoms with Gasteiger partial charge in [0.25, 0.3) is 0 Å². The fourth-order valence-corrected chi connectivity index (χ4v) is 1.90. The van der Waals surface area contributed by atoms with E-state index in [1.807, 2.05) is 18.2 Å². The molecule has 0 spiro atoms. The fraction of sp³-hybridized carbons (Fsp3) is 0.455. The molecule has 0 aromatic heterocycles. The van der Waals surface area contributed by atoms with Crippen LogP contribution in [0.1, 0.15) is 24.8 Å². The van der Waals surface area contributed by atoms with Crippen LogP contribution >= 0.6 is 0 Å². The molecule has 0 aliphatic rings. The van der Waals surface area contributed by atoms with Crippen molar-refractivity contribution in [2.45, 2.75) is 19.3 Å². The van der Waals surface area contributed by atoms with Crippen LogP contribution in [0.15, 0.2) is 30.3 Å². The summed E-state index contributed by atoms with van der Waals surface area (Å²) < 4.78 is 24.2. The van der Waals surface area contributed by atoms with Crippen LogP contribution in [0, 0.1) is 0 Å². The van der Waals surface area contributed by atoms with Crippen molar-refractivity contribution in [3.63, 3.8) is 0 Å². The number of nitrogens with one attached hydrogen (secondary N) is 1. The third kappa shape index (κ3) is 4.95. The second kappa shape index (κ2) is 5.28. The van der Waals surface area contributed by atoms with E-state index in [9.17, 15) is 8.42 Å². The van der Waals surface area contributed by atoms with Crippen molar-refractivity contribution in [2.24, 2.45) is 0 Å². The Morgan fingerprint density at radius 1 is 1.27 bits per heavy atom. The highest BCUT2D eigenvalue weighted by Crippen LogP contribution is 2.17. The zero-order valence-electron chi connectivity index (χ0n) is 9.10. The summed E-state index contributed by atoms with van der Waals surface area (Å²) in [7, 11) is -3.05. The van der Waals surface area contributed by atoms with E-state index >= 15 is 0 Å². The first-order valence-corrected chi connectivity index (χ1v) is 6.88. The molecule has 0 bridgehead atoms. The molecule has 15 heavy (non-hydrogen) atoms. The van der Waals surface area contributed by atoms with E-state index in [0.717, 1.165) is 6.42 Å². The summed E-state index contributed by atoms with van der Waals surface area (Å²) in [6.45, 7) is 2.59. The first kappa shape index (κ1) is 12.2. The van der Waals surface area contributed by atoms with Gasteiger partial charge >= 0.3 is 0 Å². The van der Waals surface area contributed by atoms with Crippen molar-refractivity contribution in [3.05, 3.63) is 35.9 Å². The lowest BCUT2D eigenvalue weighted by Gasteiger charge is -2.11. The molecule has 1 N–H and O–H groups in total. The van der Waals surface area contributed by atoms with Crippen molar-refractivity contribution in [1.29, 1.82) is 0 Å². The monoisotopic (exact) mass is 227 g/mol. The van der Waals surface area contributed by atoms with Gasteiger partial charge in [0.1, 0.15) is 0 Å². The quantitative estimate of drug-likeness (QED) is 0.832. The van der Waals surface area contributed by atoms with Crippen molar-refractivity contribution in [1.82, 2.24) is 4.72 Å². The zero-order chi connectivity index (χ0) is 11.3. The standard InChI is InChI=1S/C11H17NO2S/c1-10(8-9-12-15(2,13)14)11-6-4-3-5-7-11/h3-7,10,12H,8-9H2,1-2H3/t10-/m1/s1. The Kier molecular flexibility index (Phi) is 4.29. The lowest BCUT2D eigenvalue weighted by atomic mass is 9.98. The van der Waals surface area contributed by atoms with Gasteiger partial charge in [-0.2, -0.15) is 0 Å². The Hall–Kier alpha value is -0.870. The highest BCUT2D eigenvalue weighted by atomic mass is 32.2. The molecule has 0 unspecified atom stereocenters. The lowest BCUT2D eigenvalue weighted by Crippen LogP contribution is -2.23. The summed E-state index contributed by atoms with van der Waals surface area (Å²) in [5, 5.41) is 0. The molecule has 1 aromatic carbocycles. The Morgan fingerprint density at radius 2 is 1.87 bits per heavy atom. The molecular formula is C11H17NO2S. The molecule has 0 radical (unpaired) electrons.